The first-order valence-electron chi connectivity index (χ1n) is 7.64. The van der Waals surface area contributed by atoms with E-state index in [1.807, 2.05) is 23.1 Å². The average Bonchev–Trinajstić information content (AvgIpc) is 3.14. The van der Waals surface area contributed by atoms with Gasteiger partial charge in [0.1, 0.15) is 0 Å². The molecule has 0 atom stereocenters. The van der Waals surface area contributed by atoms with Gasteiger partial charge in [0, 0.05) is 25.4 Å². The molecule has 0 aliphatic heterocycles. The Balaban J connectivity index is 1.52. The van der Waals surface area contributed by atoms with Gasteiger partial charge in [-0.15, -0.1) is 0 Å². The molecule has 1 N–H and O–H groups in total. The minimum absolute atomic E-state index is 0.0586. The molecule has 0 saturated heterocycles. The topological polar surface area (TPSA) is 64.7 Å². The highest BCUT2D eigenvalue weighted by Crippen LogP contribution is 2.10. The molecule has 6 nitrogen and oxygen atoms in total. The summed E-state index contributed by atoms with van der Waals surface area (Å²) in [6, 6.07) is 8.29. The number of carbonyl (C=O) groups is 1. The highest BCUT2D eigenvalue weighted by atomic mass is 79.9. The van der Waals surface area contributed by atoms with Gasteiger partial charge in [0.2, 0.25) is 5.91 Å². The molecule has 0 spiro atoms. The van der Waals surface area contributed by atoms with Crippen molar-refractivity contribution in [2.24, 2.45) is 0 Å². The molecule has 0 radical (unpaired) electrons. The second-order valence-corrected chi connectivity index (χ2v) is 6.55. The number of anilines is 1. The predicted molar refractivity (Wildman–Crippen MR) is 95.7 cm³/mol. The summed E-state index contributed by atoms with van der Waals surface area (Å²) in [6.45, 7) is 3.28. The molecule has 7 heteroatoms. The first kappa shape index (κ1) is 16.4. The van der Waals surface area contributed by atoms with Crippen LogP contribution in [-0.2, 0) is 17.9 Å². The summed E-state index contributed by atoms with van der Waals surface area (Å²) in [5, 5.41) is 11.3. The van der Waals surface area contributed by atoms with Crippen LogP contribution < -0.4 is 5.32 Å². The van der Waals surface area contributed by atoms with Crippen molar-refractivity contribution in [3.63, 3.8) is 0 Å². The first-order valence-corrected chi connectivity index (χ1v) is 8.43. The minimum atomic E-state index is -0.0586. The molecule has 3 rings (SSSR count). The Kier molecular flexibility index (Phi) is 5.10. The fourth-order valence-corrected chi connectivity index (χ4v) is 2.74. The first-order chi connectivity index (χ1) is 11.6. The van der Waals surface area contributed by atoms with E-state index in [0.717, 1.165) is 4.47 Å². The van der Waals surface area contributed by atoms with Gasteiger partial charge in [-0.3, -0.25) is 14.2 Å². The summed E-state index contributed by atoms with van der Waals surface area (Å²) in [4.78, 5) is 12.0. The molecule has 0 aliphatic carbocycles. The van der Waals surface area contributed by atoms with E-state index in [2.05, 4.69) is 56.6 Å². The van der Waals surface area contributed by atoms with Crippen LogP contribution in [-0.4, -0.2) is 25.5 Å². The molecular weight excluding hydrogens is 370 g/mol. The van der Waals surface area contributed by atoms with E-state index >= 15 is 0 Å². The lowest BCUT2D eigenvalue weighted by molar-refractivity contribution is -0.116. The Morgan fingerprint density at radius 1 is 1.21 bits per heavy atom. The molecule has 3 aromatic rings. The fraction of sp³-hybridized carbons (Fsp3) is 0.235. The van der Waals surface area contributed by atoms with Crippen LogP contribution in [0.4, 0.5) is 5.69 Å². The van der Waals surface area contributed by atoms with Crippen LogP contribution >= 0.6 is 15.9 Å². The number of amides is 1. The van der Waals surface area contributed by atoms with E-state index in [0.29, 0.717) is 25.2 Å². The van der Waals surface area contributed by atoms with Gasteiger partial charge in [0.25, 0.3) is 0 Å². The zero-order chi connectivity index (χ0) is 16.9. The summed E-state index contributed by atoms with van der Waals surface area (Å²) in [5.74, 6) is -0.0586. The van der Waals surface area contributed by atoms with Gasteiger partial charge in [0.15, 0.2) is 0 Å². The van der Waals surface area contributed by atoms with Gasteiger partial charge in [0.05, 0.1) is 29.1 Å². The maximum absolute atomic E-state index is 12.0. The number of benzene rings is 1. The average molecular weight is 388 g/mol. The van der Waals surface area contributed by atoms with E-state index in [1.165, 1.54) is 11.1 Å². The minimum Gasteiger partial charge on any atom is -0.323 e. The maximum atomic E-state index is 12.0. The van der Waals surface area contributed by atoms with Crippen LogP contribution in [0, 0.1) is 6.92 Å². The number of aryl methyl sites for hydroxylation is 2. The molecular formula is C17H18BrN5O. The SMILES string of the molecule is Cc1cccc(Cn2cc(NC(=O)CCn3cc(Br)cn3)cn2)c1. The standard InChI is InChI=1S/C17H18BrN5O/c1-13-3-2-4-14(7-13)10-23-12-16(9-20-23)21-17(24)5-6-22-11-15(18)8-19-22/h2-4,7-9,11-12H,5-6,10H2,1H3,(H,21,24). The molecule has 24 heavy (non-hydrogen) atoms. The molecule has 0 unspecified atom stereocenters. The maximum Gasteiger partial charge on any atom is 0.226 e. The monoisotopic (exact) mass is 387 g/mol. The molecule has 2 heterocycles. The van der Waals surface area contributed by atoms with Crippen molar-refractivity contribution < 1.29 is 4.79 Å². The number of aromatic nitrogens is 4. The zero-order valence-corrected chi connectivity index (χ0v) is 14.9. The lowest BCUT2D eigenvalue weighted by atomic mass is 10.1. The van der Waals surface area contributed by atoms with Crippen LogP contribution in [0.5, 0.6) is 0 Å². The Labute approximate surface area is 148 Å². The number of rotatable bonds is 6. The van der Waals surface area contributed by atoms with Gasteiger partial charge >= 0.3 is 0 Å². The summed E-state index contributed by atoms with van der Waals surface area (Å²) >= 11 is 3.33. The number of hydrogen-bond acceptors (Lipinski definition) is 3. The van der Waals surface area contributed by atoms with Crippen molar-refractivity contribution in [1.29, 1.82) is 0 Å². The second-order valence-electron chi connectivity index (χ2n) is 5.64. The number of carbonyl (C=O) groups excluding carboxylic acids is 1. The van der Waals surface area contributed by atoms with E-state index in [1.54, 1.807) is 17.1 Å². The van der Waals surface area contributed by atoms with Gasteiger partial charge < -0.3 is 5.32 Å². The number of halogens is 1. The lowest BCUT2D eigenvalue weighted by Gasteiger charge is -2.04. The summed E-state index contributed by atoms with van der Waals surface area (Å²) in [7, 11) is 0. The van der Waals surface area contributed by atoms with Crippen molar-refractivity contribution in [2.75, 3.05) is 5.32 Å². The molecule has 0 bridgehead atoms. The third-order valence-electron chi connectivity index (χ3n) is 3.51. The van der Waals surface area contributed by atoms with Crippen molar-refractivity contribution in [3.8, 4) is 0 Å². The largest absolute Gasteiger partial charge is 0.323 e. The molecule has 2 aromatic heterocycles. The summed E-state index contributed by atoms with van der Waals surface area (Å²) < 4.78 is 4.44. The summed E-state index contributed by atoms with van der Waals surface area (Å²) in [6.07, 6.45) is 7.40. The van der Waals surface area contributed by atoms with Crippen molar-refractivity contribution >= 4 is 27.5 Å². The molecule has 1 amide bonds. The van der Waals surface area contributed by atoms with Gasteiger partial charge in [-0.05, 0) is 28.4 Å². The molecule has 0 aliphatic rings. The quantitative estimate of drug-likeness (QED) is 0.705. The van der Waals surface area contributed by atoms with Crippen molar-refractivity contribution in [2.45, 2.75) is 26.4 Å². The third kappa shape index (κ3) is 4.55. The van der Waals surface area contributed by atoms with Crippen molar-refractivity contribution in [3.05, 3.63) is 64.7 Å². The Hall–Kier alpha value is -2.41. The van der Waals surface area contributed by atoms with Crippen molar-refractivity contribution in [1.82, 2.24) is 19.6 Å². The highest BCUT2D eigenvalue weighted by molar-refractivity contribution is 9.10. The van der Waals surface area contributed by atoms with Gasteiger partial charge in [-0.1, -0.05) is 29.8 Å². The van der Waals surface area contributed by atoms with Crippen LogP contribution in [0.25, 0.3) is 0 Å². The van der Waals surface area contributed by atoms with Crippen LogP contribution in [0.2, 0.25) is 0 Å². The molecule has 0 fully saturated rings. The lowest BCUT2D eigenvalue weighted by Crippen LogP contribution is -2.14. The smallest absolute Gasteiger partial charge is 0.226 e. The number of hydrogen-bond donors (Lipinski definition) is 1. The Morgan fingerprint density at radius 3 is 2.79 bits per heavy atom. The van der Waals surface area contributed by atoms with Gasteiger partial charge in [-0.2, -0.15) is 10.2 Å². The summed E-state index contributed by atoms with van der Waals surface area (Å²) in [5.41, 5.74) is 3.10. The Morgan fingerprint density at radius 2 is 2.04 bits per heavy atom. The van der Waals surface area contributed by atoms with E-state index in [4.69, 9.17) is 0 Å². The van der Waals surface area contributed by atoms with E-state index < -0.39 is 0 Å². The van der Waals surface area contributed by atoms with E-state index in [9.17, 15) is 4.79 Å². The fourth-order valence-electron chi connectivity index (χ4n) is 2.41. The molecule has 0 saturated carbocycles. The van der Waals surface area contributed by atoms with Crippen LogP contribution in [0.1, 0.15) is 17.5 Å². The zero-order valence-electron chi connectivity index (χ0n) is 13.3. The van der Waals surface area contributed by atoms with Crippen LogP contribution in [0.3, 0.4) is 0 Å². The number of nitrogens with one attached hydrogen (secondary N) is 1. The molecule has 1 aromatic carbocycles. The van der Waals surface area contributed by atoms with E-state index in [-0.39, 0.29) is 5.91 Å². The van der Waals surface area contributed by atoms with Gasteiger partial charge in [-0.25, -0.2) is 0 Å². The normalized spacial score (nSPS) is 10.8. The van der Waals surface area contributed by atoms with Crippen LogP contribution in [0.15, 0.2) is 53.5 Å². The highest BCUT2D eigenvalue weighted by Gasteiger charge is 2.06. The second kappa shape index (κ2) is 7.44. The number of nitrogens with zero attached hydrogens (tertiary/aromatic N) is 4. The predicted octanol–water partition coefficient (Wildman–Crippen LogP) is 3.23. The molecule has 124 valence electrons. The Bertz CT molecular complexity index is 839. The third-order valence-corrected chi connectivity index (χ3v) is 3.92.